The number of rotatable bonds is 5. The molecule has 0 bridgehead atoms. The predicted molar refractivity (Wildman–Crippen MR) is 118 cm³/mol. The first kappa shape index (κ1) is 19.8. The van der Waals surface area contributed by atoms with Crippen LogP contribution in [0, 0.1) is 12.7 Å². The van der Waals surface area contributed by atoms with Crippen molar-refractivity contribution in [3.63, 3.8) is 0 Å². The monoisotopic (exact) mass is 443 g/mol. The van der Waals surface area contributed by atoms with Crippen LogP contribution >= 0.6 is 34.7 Å². The van der Waals surface area contributed by atoms with Crippen molar-refractivity contribution in [2.45, 2.75) is 11.9 Å². The van der Waals surface area contributed by atoms with Gasteiger partial charge in [-0.15, -0.1) is 11.3 Å². The van der Waals surface area contributed by atoms with Gasteiger partial charge in [0, 0.05) is 16.6 Å². The number of amides is 1. The third-order valence-corrected chi connectivity index (χ3v) is 6.41. The summed E-state index contributed by atoms with van der Waals surface area (Å²) in [6, 6.07) is 12.4. The lowest BCUT2D eigenvalue weighted by Gasteiger charge is -2.07. The Hall–Kier alpha value is -2.48. The second kappa shape index (κ2) is 8.49. The molecule has 0 aliphatic rings. The van der Waals surface area contributed by atoms with E-state index in [0.717, 1.165) is 26.4 Å². The van der Waals surface area contributed by atoms with Gasteiger partial charge in [0.1, 0.15) is 22.0 Å². The zero-order chi connectivity index (χ0) is 20.4. The van der Waals surface area contributed by atoms with E-state index in [1.54, 1.807) is 11.3 Å². The lowest BCUT2D eigenvalue weighted by atomic mass is 10.1. The van der Waals surface area contributed by atoms with Crippen molar-refractivity contribution in [3.8, 4) is 11.1 Å². The molecule has 4 aromatic rings. The second-order valence-electron chi connectivity index (χ2n) is 6.34. The van der Waals surface area contributed by atoms with Crippen LogP contribution < -0.4 is 5.32 Å². The molecular weight excluding hydrogens is 429 g/mol. The molecule has 0 saturated carbocycles. The van der Waals surface area contributed by atoms with Gasteiger partial charge in [0.2, 0.25) is 5.91 Å². The maximum Gasteiger partial charge on any atom is 0.234 e. The Labute approximate surface area is 180 Å². The van der Waals surface area contributed by atoms with Gasteiger partial charge >= 0.3 is 0 Å². The maximum atomic E-state index is 13.3. The third-order valence-electron chi connectivity index (χ3n) is 4.24. The molecular formula is C21H15ClFN3OS2. The lowest BCUT2D eigenvalue weighted by Crippen LogP contribution is -2.14. The van der Waals surface area contributed by atoms with Crippen molar-refractivity contribution < 1.29 is 9.18 Å². The summed E-state index contributed by atoms with van der Waals surface area (Å²) in [4.78, 5) is 22.0. The summed E-state index contributed by atoms with van der Waals surface area (Å²) in [5, 5.41) is 6.45. The highest BCUT2D eigenvalue weighted by Crippen LogP contribution is 2.37. The highest BCUT2D eigenvalue weighted by atomic mass is 35.5. The molecule has 2 heterocycles. The standard InChI is InChI=1S/C21H15ClFN3OS2/c1-12-2-4-13(5-3-12)15-9-28-20-19(15)21(25-11-24-20)29-10-18(27)26-14-6-7-17(23)16(22)8-14/h2-9,11H,10H2,1H3,(H,26,27). The van der Waals surface area contributed by atoms with Crippen LogP contribution in [0.25, 0.3) is 21.3 Å². The molecule has 2 aromatic carbocycles. The number of carbonyl (C=O) groups is 1. The van der Waals surface area contributed by atoms with Crippen LogP contribution in [0.1, 0.15) is 5.56 Å². The van der Waals surface area contributed by atoms with Gasteiger partial charge in [0.25, 0.3) is 0 Å². The normalized spacial score (nSPS) is 11.0. The van der Waals surface area contributed by atoms with E-state index in [0.29, 0.717) is 5.69 Å². The predicted octanol–water partition coefficient (Wildman–Crippen LogP) is 6.19. The van der Waals surface area contributed by atoms with Crippen LogP contribution in [-0.2, 0) is 4.79 Å². The number of carbonyl (C=O) groups excluding carboxylic acids is 1. The minimum atomic E-state index is -0.525. The van der Waals surface area contributed by atoms with E-state index in [1.165, 1.54) is 41.9 Å². The van der Waals surface area contributed by atoms with Crippen molar-refractivity contribution in [1.82, 2.24) is 9.97 Å². The molecule has 1 amide bonds. The van der Waals surface area contributed by atoms with Gasteiger partial charge in [-0.1, -0.05) is 53.2 Å². The Kier molecular flexibility index (Phi) is 5.80. The van der Waals surface area contributed by atoms with Gasteiger partial charge < -0.3 is 5.32 Å². The summed E-state index contributed by atoms with van der Waals surface area (Å²) in [5.41, 5.74) is 3.78. The summed E-state index contributed by atoms with van der Waals surface area (Å²) in [7, 11) is 0. The Bertz CT molecular complexity index is 1190. The van der Waals surface area contributed by atoms with Crippen molar-refractivity contribution in [1.29, 1.82) is 0 Å². The van der Waals surface area contributed by atoms with E-state index in [-0.39, 0.29) is 16.7 Å². The van der Waals surface area contributed by atoms with E-state index in [1.807, 2.05) is 6.92 Å². The minimum absolute atomic E-state index is 0.0334. The summed E-state index contributed by atoms with van der Waals surface area (Å²) in [6.07, 6.45) is 1.51. The number of anilines is 1. The first-order valence-corrected chi connectivity index (χ1v) is 10.9. The Balaban J connectivity index is 1.54. The fourth-order valence-corrected chi connectivity index (χ4v) is 4.78. The van der Waals surface area contributed by atoms with Gasteiger partial charge in [-0.25, -0.2) is 14.4 Å². The molecule has 8 heteroatoms. The Morgan fingerprint density at radius 3 is 2.76 bits per heavy atom. The number of hydrogen-bond donors (Lipinski definition) is 1. The topological polar surface area (TPSA) is 54.9 Å². The fraction of sp³-hybridized carbons (Fsp3) is 0.0952. The highest BCUT2D eigenvalue weighted by Gasteiger charge is 2.15. The number of aryl methyl sites for hydroxylation is 1. The van der Waals surface area contributed by atoms with Crippen LogP contribution in [-0.4, -0.2) is 21.6 Å². The molecule has 0 saturated heterocycles. The number of thiophene rings is 1. The Morgan fingerprint density at radius 1 is 1.21 bits per heavy atom. The largest absolute Gasteiger partial charge is 0.325 e. The number of benzene rings is 2. The number of fused-ring (bicyclic) bond motifs is 1. The summed E-state index contributed by atoms with van der Waals surface area (Å²) >= 11 is 8.65. The molecule has 0 aliphatic heterocycles. The van der Waals surface area contributed by atoms with E-state index in [9.17, 15) is 9.18 Å². The zero-order valence-corrected chi connectivity index (χ0v) is 17.7. The van der Waals surface area contributed by atoms with E-state index in [2.05, 4.69) is 44.9 Å². The van der Waals surface area contributed by atoms with Crippen LogP contribution in [0.5, 0.6) is 0 Å². The first-order valence-electron chi connectivity index (χ1n) is 8.68. The molecule has 0 radical (unpaired) electrons. The summed E-state index contributed by atoms with van der Waals surface area (Å²) in [6.45, 7) is 2.05. The number of thioether (sulfide) groups is 1. The average molecular weight is 444 g/mol. The van der Waals surface area contributed by atoms with Crippen LogP contribution in [0.15, 0.2) is 59.2 Å². The molecule has 2 aromatic heterocycles. The number of nitrogens with one attached hydrogen (secondary N) is 1. The third kappa shape index (κ3) is 4.42. The molecule has 4 rings (SSSR count). The fourth-order valence-electron chi connectivity index (χ4n) is 2.81. The van der Waals surface area contributed by atoms with Gasteiger partial charge in [-0.3, -0.25) is 4.79 Å². The maximum absolute atomic E-state index is 13.3. The molecule has 0 aliphatic carbocycles. The van der Waals surface area contributed by atoms with Crippen molar-refractivity contribution in [2.24, 2.45) is 0 Å². The molecule has 29 heavy (non-hydrogen) atoms. The summed E-state index contributed by atoms with van der Waals surface area (Å²) in [5.74, 6) is -0.593. The smallest absolute Gasteiger partial charge is 0.234 e. The van der Waals surface area contributed by atoms with Gasteiger partial charge in [-0.2, -0.15) is 0 Å². The molecule has 146 valence electrons. The molecule has 0 atom stereocenters. The van der Waals surface area contributed by atoms with Gasteiger partial charge in [0.15, 0.2) is 0 Å². The SMILES string of the molecule is Cc1ccc(-c2csc3ncnc(SCC(=O)Nc4ccc(F)c(Cl)c4)c23)cc1. The second-order valence-corrected chi connectivity index (χ2v) is 8.57. The van der Waals surface area contributed by atoms with E-state index >= 15 is 0 Å². The number of hydrogen-bond acceptors (Lipinski definition) is 5. The van der Waals surface area contributed by atoms with Crippen molar-refractivity contribution in [3.05, 3.63) is 70.6 Å². The molecule has 0 fully saturated rings. The number of aromatic nitrogens is 2. The minimum Gasteiger partial charge on any atom is -0.325 e. The zero-order valence-electron chi connectivity index (χ0n) is 15.3. The van der Waals surface area contributed by atoms with Gasteiger partial charge in [-0.05, 0) is 30.7 Å². The van der Waals surface area contributed by atoms with Crippen molar-refractivity contribution >= 4 is 56.5 Å². The quantitative estimate of drug-likeness (QED) is 0.295. The van der Waals surface area contributed by atoms with Crippen LogP contribution in [0.3, 0.4) is 0 Å². The highest BCUT2D eigenvalue weighted by molar-refractivity contribution is 8.00. The molecule has 4 nitrogen and oxygen atoms in total. The molecule has 1 N–H and O–H groups in total. The van der Waals surface area contributed by atoms with Crippen LogP contribution in [0.4, 0.5) is 10.1 Å². The number of nitrogens with zero attached hydrogens (tertiary/aromatic N) is 2. The van der Waals surface area contributed by atoms with E-state index in [4.69, 9.17) is 11.6 Å². The average Bonchev–Trinajstić information content (AvgIpc) is 3.15. The summed E-state index contributed by atoms with van der Waals surface area (Å²) < 4.78 is 13.3. The Morgan fingerprint density at radius 2 is 2.00 bits per heavy atom. The van der Waals surface area contributed by atoms with Gasteiger partial charge in [0.05, 0.1) is 16.2 Å². The first-order chi connectivity index (χ1) is 14.0. The van der Waals surface area contributed by atoms with Crippen molar-refractivity contribution in [2.75, 3.05) is 11.1 Å². The van der Waals surface area contributed by atoms with E-state index < -0.39 is 5.82 Å². The van der Waals surface area contributed by atoms with Crippen LogP contribution in [0.2, 0.25) is 5.02 Å². The number of halogens is 2. The molecule has 0 unspecified atom stereocenters. The molecule has 0 spiro atoms. The lowest BCUT2D eigenvalue weighted by molar-refractivity contribution is -0.113.